The summed E-state index contributed by atoms with van der Waals surface area (Å²) in [6.45, 7) is 2.53. The number of ether oxygens (including phenoxy) is 1. The Kier molecular flexibility index (Phi) is 4.65. The lowest BCUT2D eigenvalue weighted by Crippen LogP contribution is -1.98. The number of benzene rings is 2. The fourth-order valence-electron chi connectivity index (χ4n) is 2.06. The van der Waals surface area contributed by atoms with Crippen molar-refractivity contribution in [2.45, 2.75) is 19.3 Å². The summed E-state index contributed by atoms with van der Waals surface area (Å²) in [5.74, 6) is 1.31. The van der Waals surface area contributed by atoms with Gasteiger partial charge in [-0.3, -0.25) is 0 Å². The van der Waals surface area contributed by atoms with Crippen LogP contribution >= 0.6 is 11.6 Å². The van der Waals surface area contributed by atoms with E-state index in [-0.39, 0.29) is 5.92 Å². The number of alkyl halides is 1. The van der Waals surface area contributed by atoms with Crippen molar-refractivity contribution in [1.82, 2.24) is 0 Å². The SMILES string of the molecule is CC(C#N)c1cccc2ccc(OCCCCl)cc12. The summed E-state index contributed by atoms with van der Waals surface area (Å²) < 4.78 is 5.66. The van der Waals surface area contributed by atoms with Gasteiger partial charge in [0.25, 0.3) is 0 Å². The van der Waals surface area contributed by atoms with Crippen molar-refractivity contribution in [3.63, 3.8) is 0 Å². The van der Waals surface area contributed by atoms with E-state index < -0.39 is 0 Å². The van der Waals surface area contributed by atoms with Gasteiger partial charge in [-0.1, -0.05) is 24.3 Å². The molecule has 0 amide bonds. The summed E-state index contributed by atoms with van der Waals surface area (Å²) in [6.07, 6.45) is 0.829. The molecule has 2 rings (SSSR count). The maximum Gasteiger partial charge on any atom is 0.119 e. The summed E-state index contributed by atoms with van der Waals surface area (Å²) in [6, 6.07) is 14.3. The summed E-state index contributed by atoms with van der Waals surface area (Å²) in [7, 11) is 0. The van der Waals surface area contributed by atoms with E-state index in [1.165, 1.54) is 0 Å². The Balaban J connectivity index is 2.37. The second kappa shape index (κ2) is 6.45. The molecule has 3 heteroatoms. The highest BCUT2D eigenvalue weighted by Gasteiger charge is 2.09. The molecule has 19 heavy (non-hydrogen) atoms. The second-order valence-corrected chi connectivity index (χ2v) is 4.85. The Bertz CT molecular complexity index is 603. The van der Waals surface area contributed by atoms with Gasteiger partial charge in [0.05, 0.1) is 18.6 Å². The smallest absolute Gasteiger partial charge is 0.119 e. The number of halogens is 1. The van der Waals surface area contributed by atoms with Crippen LogP contribution in [0, 0.1) is 11.3 Å². The molecule has 0 aliphatic rings. The summed E-state index contributed by atoms with van der Waals surface area (Å²) in [5, 5.41) is 11.3. The number of nitriles is 1. The van der Waals surface area contributed by atoms with Gasteiger partial charge in [0.2, 0.25) is 0 Å². The van der Waals surface area contributed by atoms with Crippen LogP contribution in [0.5, 0.6) is 5.75 Å². The molecule has 2 aromatic rings. The van der Waals surface area contributed by atoms with Crippen LogP contribution in [0.2, 0.25) is 0 Å². The highest BCUT2D eigenvalue weighted by atomic mass is 35.5. The minimum Gasteiger partial charge on any atom is -0.494 e. The van der Waals surface area contributed by atoms with Gasteiger partial charge in [-0.05, 0) is 41.8 Å². The van der Waals surface area contributed by atoms with E-state index in [1.807, 2.05) is 43.3 Å². The highest BCUT2D eigenvalue weighted by molar-refractivity contribution is 6.17. The van der Waals surface area contributed by atoms with Crippen LogP contribution in [0.4, 0.5) is 0 Å². The van der Waals surface area contributed by atoms with E-state index in [9.17, 15) is 0 Å². The first kappa shape index (κ1) is 13.7. The maximum atomic E-state index is 9.09. The Labute approximate surface area is 118 Å². The van der Waals surface area contributed by atoms with Crippen LogP contribution < -0.4 is 4.74 Å². The third kappa shape index (κ3) is 3.19. The molecule has 0 aliphatic carbocycles. The molecule has 98 valence electrons. The molecule has 0 bridgehead atoms. The van der Waals surface area contributed by atoms with Gasteiger partial charge >= 0.3 is 0 Å². The lowest BCUT2D eigenvalue weighted by molar-refractivity contribution is 0.319. The normalized spacial score (nSPS) is 12.1. The molecule has 1 unspecified atom stereocenters. The molecule has 0 heterocycles. The van der Waals surface area contributed by atoms with Gasteiger partial charge in [-0.15, -0.1) is 11.6 Å². The van der Waals surface area contributed by atoms with Crippen LogP contribution in [-0.4, -0.2) is 12.5 Å². The van der Waals surface area contributed by atoms with Crippen molar-refractivity contribution in [3.8, 4) is 11.8 Å². The molecule has 0 N–H and O–H groups in total. The summed E-state index contributed by atoms with van der Waals surface area (Å²) in [5.41, 5.74) is 1.04. The van der Waals surface area contributed by atoms with Gasteiger partial charge in [-0.25, -0.2) is 0 Å². The number of nitrogens with zero attached hydrogens (tertiary/aromatic N) is 1. The molecule has 1 atom stereocenters. The van der Waals surface area contributed by atoms with E-state index in [0.29, 0.717) is 12.5 Å². The van der Waals surface area contributed by atoms with Gasteiger partial charge in [0, 0.05) is 5.88 Å². The van der Waals surface area contributed by atoms with Crippen molar-refractivity contribution in [1.29, 1.82) is 5.26 Å². The molecule has 0 spiro atoms. The average molecular weight is 274 g/mol. The molecular formula is C16H16ClNO. The summed E-state index contributed by atoms with van der Waals surface area (Å²) >= 11 is 5.63. The lowest BCUT2D eigenvalue weighted by atomic mass is 9.96. The van der Waals surface area contributed by atoms with E-state index in [4.69, 9.17) is 21.6 Å². The van der Waals surface area contributed by atoms with Crippen LogP contribution in [0.25, 0.3) is 10.8 Å². The standard InChI is InChI=1S/C16H16ClNO/c1-12(11-18)15-5-2-4-13-6-7-14(10-16(13)15)19-9-3-8-17/h2,4-7,10,12H,3,8-9H2,1H3. The van der Waals surface area contributed by atoms with E-state index in [0.717, 1.165) is 28.5 Å². The van der Waals surface area contributed by atoms with Gasteiger partial charge < -0.3 is 4.74 Å². The Morgan fingerprint density at radius 2 is 2.16 bits per heavy atom. The molecular weight excluding hydrogens is 258 g/mol. The highest BCUT2D eigenvalue weighted by Crippen LogP contribution is 2.28. The Morgan fingerprint density at radius 1 is 1.32 bits per heavy atom. The first-order valence-corrected chi connectivity index (χ1v) is 6.90. The van der Waals surface area contributed by atoms with Crippen LogP contribution in [-0.2, 0) is 0 Å². The molecule has 0 aliphatic heterocycles. The average Bonchev–Trinajstić information content (AvgIpc) is 2.46. The van der Waals surface area contributed by atoms with Crippen molar-refractivity contribution in [2.75, 3.05) is 12.5 Å². The third-order valence-corrected chi connectivity index (χ3v) is 3.36. The minimum atomic E-state index is -0.123. The largest absolute Gasteiger partial charge is 0.494 e. The van der Waals surface area contributed by atoms with Crippen LogP contribution in [0.3, 0.4) is 0 Å². The van der Waals surface area contributed by atoms with Crippen LogP contribution in [0.1, 0.15) is 24.8 Å². The zero-order valence-electron chi connectivity index (χ0n) is 10.9. The van der Waals surface area contributed by atoms with Crippen LogP contribution in [0.15, 0.2) is 36.4 Å². The number of fused-ring (bicyclic) bond motifs is 1. The molecule has 0 radical (unpaired) electrons. The fourth-order valence-corrected chi connectivity index (χ4v) is 2.17. The van der Waals surface area contributed by atoms with Crippen molar-refractivity contribution < 1.29 is 4.74 Å². The van der Waals surface area contributed by atoms with Gasteiger partial charge in [0.1, 0.15) is 5.75 Å². The first-order valence-electron chi connectivity index (χ1n) is 6.37. The number of rotatable bonds is 5. The van der Waals surface area contributed by atoms with Gasteiger partial charge in [-0.2, -0.15) is 5.26 Å². The molecule has 2 aromatic carbocycles. The van der Waals surface area contributed by atoms with E-state index in [2.05, 4.69) is 6.07 Å². The first-order chi connectivity index (χ1) is 9.26. The molecule has 2 nitrogen and oxygen atoms in total. The summed E-state index contributed by atoms with van der Waals surface area (Å²) in [4.78, 5) is 0. The minimum absolute atomic E-state index is 0.123. The molecule has 0 saturated carbocycles. The van der Waals surface area contributed by atoms with Gasteiger partial charge in [0.15, 0.2) is 0 Å². The zero-order chi connectivity index (χ0) is 13.7. The van der Waals surface area contributed by atoms with Crippen molar-refractivity contribution in [2.24, 2.45) is 0 Å². The monoisotopic (exact) mass is 273 g/mol. The Morgan fingerprint density at radius 3 is 2.89 bits per heavy atom. The predicted octanol–water partition coefficient (Wildman–Crippen LogP) is 4.47. The topological polar surface area (TPSA) is 33.0 Å². The predicted molar refractivity (Wildman–Crippen MR) is 78.8 cm³/mol. The molecule has 0 fully saturated rings. The number of hydrogen-bond acceptors (Lipinski definition) is 2. The number of hydrogen-bond donors (Lipinski definition) is 0. The van der Waals surface area contributed by atoms with Crippen molar-refractivity contribution in [3.05, 3.63) is 42.0 Å². The fraction of sp³-hybridized carbons (Fsp3) is 0.312. The third-order valence-electron chi connectivity index (χ3n) is 3.09. The second-order valence-electron chi connectivity index (χ2n) is 4.47. The van der Waals surface area contributed by atoms with Crippen molar-refractivity contribution >= 4 is 22.4 Å². The molecule has 0 aromatic heterocycles. The lowest BCUT2D eigenvalue weighted by Gasteiger charge is -2.11. The maximum absolute atomic E-state index is 9.09. The van der Waals surface area contributed by atoms with E-state index in [1.54, 1.807) is 0 Å². The quantitative estimate of drug-likeness (QED) is 0.595. The molecule has 0 saturated heterocycles. The van der Waals surface area contributed by atoms with E-state index >= 15 is 0 Å². The Hall–Kier alpha value is -1.72. The zero-order valence-corrected chi connectivity index (χ0v) is 11.7.